The first-order valence-electron chi connectivity index (χ1n) is 7.80. The van der Waals surface area contributed by atoms with Crippen LogP contribution in [0.1, 0.15) is 17.5 Å². The molecule has 0 amide bonds. The Labute approximate surface area is 162 Å². The highest BCUT2D eigenvalue weighted by atomic mass is 32.3. The number of rotatable bonds is 6. The highest BCUT2D eigenvalue weighted by Crippen LogP contribution is 2.39. The monoisotopic (exact) mass is 471 g/mol. The van der Waals surface area contributed by atoms with Gasteiger partial charge in [-0.25, -0.2) is 16.8 Å². The normalized spacial score (nSPS) is 18.3. The van der Waals surface area contributed by atoms with E-state index in [0.29, 0.717) is 0 Å². The largest absolute Gasteiger partial charge is 0.512 e. The number of alkyl halides is 6. The lowest BCUT2D eigenvalue weighted by Gasteiger charge is -2.31. The summed E-state index contributed by atoms with van der Waals surface area (Å²) in [5.74, 6) is -1.91. The van der Waals surface area contributed by atoms with Gasteiger partial charge < -0.3 is 9.47 Å². The first kappa shape index (κ1) is 23.9. The maximum atomic E-state index is 12.8. The third kappa shape index (κ3) is 4.52. The number of aryl methyl sites for hydroxylation is 1. The highest BCUT2D eigenvalue weighted by molar-refractivity contribution is 8.04. The summed E-state index contributed by atoms with van der Waals surface area (Å²) in [4.78, 5) is 0. The predicted molar refractivity (Wildman–Crippen MR) is 86.0 cm³/mol. The summed E-state index contributed by atoms with van der Waals surface area (Å²) in [5, 5.41) is 0. The second kappa shape index (κ2) is 7.68. The molecule has 1 fully saturated rings. The number of halogens is 6. The van der Waals surface area contributed by atoms with Crippen LogP contribution in [0.2, 0.25) is 0 Å². The maximum absolute atomic E-state index is 12.8. The van der Waals surface area contributed by atoms with E-state index in [-0.39, 0.29) is 18.8 Å². The molecule has 0 aliphatic carbocycles. The zero-order chi connectivity index (χ0) is 22.3. The van der Waals surface area contributed by atoms with Crippen LogP contribution in [-0.2, 0) is 35.3 Å². The Morgan fingerprint density at radius 2 is 1.31 bits per heavy atom. The van der Waals surface area contributed by atoms with Gasteiger partial charge in [0, 0.05) is 18.5 Å². The van der Waals surface area contributed by atoms with Crippen LogP contribution in [-0.4, -0.2) is 51.3 Å². The SMILES string of the molecule is Cc1ccc(C2(CCN(S(=O)(=O)C(F)(F)F)S(=O)(=O)C(F)(F)F)OCCO2)cc1. The maximum Gasteiger partial charge on any atom is 0.512 e. The lowest BCUT2D eigenvalue weighted by atomic mass is 10.0. The van der Waals surface area contributed by atoms with E-state index in [1.807, 2.05) is 0 Å². The summed E-state index contributed by atoms with van der Waals surface area (Å²) in [5.41, 5.74) is -11.6. The molecule has 29 heavy (non-hydrogen) atoms. The molecule has 0 spiro atoms. The van der Waals surface area contributed by atoms with Crippen molar-refractivity contribution in [2.24, 2.45) is 0 Å². The molecule has 0 radical (unpaired) electrons. The fourth-order valence-electron chi connectivity index (χ4n) is 2.56. The van der Waals surface area contributed by atoms with Gasteiger partial charge in [-0.05, 0) is 6.92 Å². The first-order chi connectivity index (χ1) is 13.0. The van der Waals surface area contributed by atoms with E-state index >= 15 is 0 Å². The molecule has 1 aromatic carbocycles. The van der Waals surface area contributed by atoms with Gasteiger partial charge in [0.05, 0.1) is 13.2 Å². The van der Waals surface area contributed by atoms with Crippen molar-refractivity contribution < 1.29 is 52.7 Å². The van der Waals surface area contributed by atoms with Gasteiger partial charge >= 0.3 is 31.1 Å². The molecule has 166 valence electrons. The minimum absolute atomic E-state index is 0.0914. The van der Waals surface area contributed by atoms with E-state index in [2.05, 4.69) is 0 Å². The summed E-state index contributed by atoms with van der Waals surface area (Å²) in [6.07, 6.45) is -0.944. The van der Waals surface area contributed by atoms with Crippen molar-refractivity contribution in [3.05, 3.63) is 35.4 Å². The van der Waals surface area contributed by atoms with Crippen molar-refractivity contribution >= 4 is 20.0 Å². The third-order valence-electron chi connectivity index (χ3n) is 3.99. The summed E-state index contributed by atoms with van der Waals surface area (Å²) >= 11 is 0. The Kier molecular flexibility index (Phi) is 6.32. The Morgan fingerprint density at radius 1 is 0.897 bits per heavy atom. The number of nitrogens with zero attached hydrogens (tertiary/aromatic N) is 1. The van der Waals surface area contributed by atoms with Gasteiger partial charge in [0.2, 0.25) is 0 Å². The van der Waals surface area contributed by atoms with Crippen LogP contribution in [0.25, 0.3) is 0 Å². The van der Waals surface area contributed by atoms with Gasteiger partial charge in [-0.2, -0.15) is 26.3 Å². The third-order valence-corrected chi connectivity index (χ3v) is 7.77. The van der Waals surface area contributed by atoms with Gasteiger partial charge in [0.25, 0.3) is 0 Å². The molecule has 0 aromatic heterocycles. The van der Waals surface area contributed by atoms with Crippen LogP contribution in [0.3, 0.4) is 0 Å². The van der Waals surface area contributed by atoms with E-state index in [1.54, 1.807) is 19.1 Å². The van der Waals surface area contributed by atoms with Crippen LogP contribution in [0.5, 0.6) is 0 Å². The van der Waals surface area contributed by atoms with Gasteiger partial charge in [-0.15, -0.1) is 0 Å². The van der Waals surface area contributed by atoms with E-state index < -0.39 is 53.5 Å². The fourth-order valence-corrected chi connectivity index (χ4v) is 5.22. The van der Waals surface area contributed by atoms with E-state index in [4.69, 9.17) is 9.47 Å². The van der Waals surface area contributed by atoms with Crippen LogP contribution in [0, 0.1) is 6.92 Å². The molecule has 0 bridgehead atoms. The van der Waals surface area contributed by atoms with Crippen LogP contribution < -0.4 is 0 Å². The van der Waals surface area contributed by atoms with Crippen molar-refractivity contribution in [3.8, 4) is 0 Å². The lowest BCUT2D eigenvalue weighted by Crippen LogP contribution is -2.50. The first-order valence-corrected chi connectivity index (χ1v) is 10.7. The molecule has 0 unspecified atom stereocenters. The lowest BCUT2D eigenvalue weighted by molar-refractivity contribution is -0.171. The number of sulfonamides is 2. The molecular formula is C14H15F6NO6S2. The van der Waals surface area contributed by atoms with Crippen molar-refractivity contribution in [1.29, 1.82) is 0 Å². The second-order valence-electron chi connectivity index (χ2n) is 5.96. The molecular weight excluding hydrogens is 456 g/mol. The Hall–Kier alpha value is -1.42. The predicted octanol–water partition coefficient (Wildman–Crippen LogP) is 2.59. The molecule has 2 rings (SSSR count). The van der Waals surface area contributed by atoms with Crippen LogP contribution in [0.15, 0.2) is 24.3 Å². The van der Waals surface area contributed by atoms with Gasteiger partial charge in [0.1, 0.15) is 0 Å². The van der Waals surface area contributed by atoms with E-state index in [1.165, 1.54) is 12.1 Å². The standard InChI is InChI=1S/C14H15F6NO6S2/c1-10-2-4-11(5-3-10)12(26-8-9-27-12)6-7-21(28(22,23)13(15,16)17)29(24,25)14(18,19)20/h2-5H,6-9H2,1H3. The highest BCUT2D eigenvalue weighted by Gasteiger charge is 2.61. The smallest absolute Gasteiger partial charge is 0.343 e. The van der Waals surface area contributed by atoms with Crippen molar-refractivity contribution in [3.63, 3.8) is 0 Å². The molecule has 1 saturated heterocycles. The zero-order valence-electron chi connectivity index (χ0n) is 14.6. The molecule has 0 saturated carbocycles. The van der Waals surface area contributed by atoms with Crippen molar-refractivity contribution in [2.75, 3.05) is 19.8 Å². The number of hydrogen-bond acceptors (Lipinski definition) is 6. The quantitative estimate of drug-likeness (QED) is 0.593. The number of benzene rings is 1. The molecule has 0 N–H and O–H groups in total. The molecule has 1 aliphatic rings. The summed E-state index contributed by atoms with van der Waals surface area (Å²) < 4.78 is 132. The Balaban J connectivity index is 2.47. The Bertz CT molecular complexity index is 890. The van der Waals surface area contributed by atoms with E-state index in [9.17, 15) is 43.2 Å². The average Bonchev–Trinajstić information content (AvgIpc) is 3.03. The van der Waals surface area contributed by atoms with E-state index in [0.717, 1.165) is 5.56 Å². The minimum atomic E-state index is -6.87. The Morgan fingerprint density at radius 3 is 1.69 bits per heavy atom. The number of ether oxygens (including phenoxy) is 2. The topological polar surface area (TPSA) is 90.0 Å². The molecule has 15 heteroatoms. The average molecular weight is 471 g/mol. The molecule has 1 aliphatic heterocycles. The van der Waals surface area contributed by atoms with Crippen LogP contribution in [0.4, 0.5) is 26.3 Å². The minimum Gasteiger partial charge on any atom is -0.343 e. The van der Waals surface area contributed by atoms with Gasteiger partial charge in [-0.1, -0.05) is 33.5 Å². The molecule has 1 aromatic rings. The summed E-state index contributed by atoms with van der Waals surface area (Å²) in [7, 11) is -13.7. The number of hydrogen-bond donors (Lipinski definition) is 0. The van der Waals surface area contributed by atoms with Gasteiger partial charge in [-0.3, -0.25) is 0 Å². The second-order valence-corrected chi connectivity index (χ2v) is 9.90. The van der Waals surface area contributed by atoms with Crippen LogP contribution >= 0.6 is 0 Å². The molecule has 1 heterocycles. The molecule has 0 atom stereocenters. The summed E-state index contributed by atoms with van der Waals surface area (Å²) in [6.45, 7) is -0.185. The zero-order valence-corrected chi connectivity index (χ0v) is 16.3. The fraction of sp³-hybridized carbons (Fsp3) is 0.571. The van der Waals surface area contributed by atoms with Gasteiger partial charge in [0.15, 0.2) is 5.79 Å². The van der Waals surface area contributed by atoms with Crippen molar-refractivity contribution in [1.82, 2.24) is 3.71 Å². The summed E-state index contributed by atoms with van der Waals surface area (Å²) in [6, 6.07) is 5.95. The van der Waals surface area contributed by atoms with Crippen molar-refractivity contribution in [2.45, 2.75) is 30.1 Å². The molecule has 7 nitrogen and oxygen atoms in total.